The van der Waals surface area contributed by atoms with E-state index >= 15 is 0 Å². The van der Waals surface area contributed by atoms with Crippen molar-refractivity contribution in [2.24, 2.45) is 11.8 Å². The number of fused-ring (bicyclic) bond motifs is 1. The van der Waals surface area contributed by atoms with Gasteiger partial charge in [0.15, 0.2) is 0 Å². The zero-order valence-corrected chi connectivity index (χ0v) is 11.3. The lowest BCUT2D eigenvalue weighted by Crippen LogP contribution is -2.19. The molecule has 1 aromatic carbocycles. The summed E-state index contributed by atoms with van der Waals surface area (Å²) in [6.45, 7) is 4.77. The van der Waals surface area contributed by atoms with Crippen molar-refractivity contribution >= 4 is 21.6 Å². The highest BCUT2D eigenvalue weighted by molar-refractivity contribution is 7.18. The van der Waals surface area contributed by atoms with Crippen LogP contribution in [0.3, 0.4) is 0 Å². The van der Waals surface area contributed by atoms with Gasteiger partial charge in [-0.25, -0.2) is 4.98 Å². The first-order valence-electron chi connectivity index (χ1n) is 6.59. The van der Waals surface area contributed by atoms with Gasteiger partial charge in [0, 0.05) is 5.92 Å². The molecule has 0 aliphatic heterocycles. The Morgan fingerprint density at radius 2 is 2.00 bits per heavy atom. The standard InChI is InChI=1S/C15H19NS/c1-10-7-8-11(2)12(9-10)15-16-13-5-3-4-6-14(13)17-15/h3-6,10-12H,7-9H2,1-2H3. The third-order valence-electron chi connectivity index (χ3n) is 4.09. The Morgan fingerprint density at radius 1 is 1.18 bits per heavy atom. The highest BCUT2D eigenvalue weighted by Crippen LogP contribution is 2.42. The number of hydrogen-bond acceptors (Lipinski definition) is 2. The lowest BCUT2D eigenvalue weighted by atomic mass is 9.76. The smallest absolute Gasteiger partial charge is 0.0972 e. The minimum Gasteiger partial charge on any atom is -0.241 e. The predicted octanol–water partition coefficient (Wildman–Crippen LogP) is 4.84. The van der Waals surface area contributed by atoms with E-state index < -0.39 is 0 Å². The molecular weight excluding hydrogens is 226 g/mol. The highest BCUT2D eigenvalue weighted by atomic mass is 32.1. The Labute approximate surface area is 107 Å². The van der Waals surface area contributed by atoms with E-state index in [2.05, 4.69) is 38.1 Å². The highest BCUT2D eigenvalue weighted by Gasteiger charge is 2.28. The molecule has 1 aliphatic rings. The Balaban J connectivity index is 1.96. The Bertz CT molecular complexity index is 483. The van der Waals surface area contributed by atoms with Gasteiger partial charge in [-0.2, -0.15) is 0 Å². The molecule has 1 aromatic heterocycles. The molecule has 1 heterocycles. The monoisotopic (exact) mass is 245 g/mol. The van der Waals surface area contributed by atoms with Gasteiger partial charge in [0.1, 0.15) is 0 Å². The van der Waals surface area contributed by atoms with E-state index in [1.165, 1.54) is 34.5 Å². The van der Waals surface area contributed by atoms with Crippen molar-refractivity contribution in [1.29, 1.82) is 0 Å². The van der Waals surface area contributed by atoms with Gasteiger partial charge in [-0.05, 0) is 36.8 Å². The van der Waals surface area contributed by atoms with Crippen molar-refractivity contribution in [2.45, 2.75) is 39.0 Å². The minimum absolute atomic E-state index is 0.691. The molecule has 1 aliphatic carbocycles. The molecule has 3 atom stereocenters. The van der Waals surface area contributed by atoms with E-state index in [-0.39, 0.29) is 0 Å². The molecule has 17 heavy (non-hydrogen) atoms. The number of hydrogen-bond donors (Lipinski definition) is 0. The van der Waals surface area contributed by atoms with Crippen LogP contribution in [0.2, 0.25) is 0 Å². The largest absolute Gasteiger partial charge is 0.241 e. The molecular formula is C15H19NS. The van der Waals surface area contributed by atoms with Crippen LogP contribution in [0, 0.1) is 11.8 Å². The summed E-state index contributed by atoms with van der Waals surface area (Å²) < 4.78 is 1.34. The summed E-state index contributed by atoms with van der Waals surface area (Å²) in [7, 11) is 0. The average Bonchev–Trinajstić information content (AvgIpc) is 2.75. The lowest BCUT2D eigenvalue weighted by Gasteiger charge is -2.31. The van der Waals surface area contributed by atoms with Crippen molar-refractivity contribution < 1.29 is 0 Å². The van der Waals surface area contributed by atoms with Crippen LogP contribution < -0.4 is 0 Å². The molecule has 1 saturated carbocycles. The Hall–Kier alpha value is -0.890. The fraction of sp³-hybridized carbons (Fsp3) is 0.533. The van der Waals surface area contributed by atoms with Crippen LogP contribution in [0.4, 0.5) is 0 Å². The Morgan fingerprint density at radius 3 is 2.82 bits per heavy atom. The van der Waals surface area contributed by atoms with Crippen molar-refractivity contribution in [3.63, 3.8) is 0 Å². The second-order valence-electron chi connectivity index (χ2n) is 5.52. The van der Waals surface area contributed by atoms with Crippen molar-refractivity contribution in [3.8, 4) is 0 Å². The van der Waals surface area contributed by atoms with Crippen LogP contribution in [0.5, 0.6) is 0 Å². The molecule has 2 aromatic rings. The molecule has 0 saturated heterocycles. The molecule has 2 heteroatoms. The van der Waals surface area contributed by atoms with Gasteiger partial charge in [0.2, 0.25) is 0 Å². The zero-order valence-electron chi connectivity index (χ0n) is 10.5. The number of rotatable bonds is 1. The topological polar surface area (TPSA) is 12.9 Å². The molecule has 0 N–H and O–H groups in total. The summed E-state index contributed by atoms with van der Waals surface area (Å²) in [5, 5.41) is 1.37. The maximum absolute atomic E-state index is 4.84. The van der Waals surface area contributed by atoms with E-state index in [9.17, 15) is 0 Å². The van der Waals surface area contributed by atoms with Crippen LogP contribution in [-0.4, -0.2) is 4.98 Å². The van der Waals surface area contributed by atoms with Gasteiger partial charge in [0.25, 0.3) is 0 Å². The number of nitrogens with zero attached hydrogens (tertiary/aromatic N) is 1. The van der Waals surface area contributed by atoms with E-state index in [1.54, 1.807) is 0 Å². The molecule has 0 amide bonds. The molecule has 0 radical (unpaired) electrons. The van der Waals surface area contributed by atoms with Crippen molar-refractivity contribution in [2.75, 3.05) is 0 Å². The van der Waals surface area contributed by atoms with Crippen LogP contribution in [0.15, 0.2) is 24.3 Å². The quantitative estimate of drug-likeness (QED) is 0.701. The number of aromatic nitrogens is 1. The van der Waals surface area contributed by atoms with Gasteiger partial charge in [-0.3, -0.25) is 0 Å². The minimum atomic E-state index is 0.691. The van der Waals surface area contributed by atoms with Gasteiger partial charge >= 0.3 is 0 Å². The maximum Gasteiger partial charge on any atom is 0.0972 e. The second kappa shape index (κ2) is 4.41. The molecule has 0 bridgehead atoms. The van der Waals surface area contributed by atoms with Crippen LogP contribution >= 0.6 is 11.3 Å². The van der Waals surface area contributed by atoms with E-state index in [1.807, 2.05) is 11.3 Å². The van der Waals surface area contributed by atoms with E-state index in [4.69, 9.17) is 4.98 Å². The summed E-state index contributed by atoms with van der Waals surface area (Å²) in [5.74, 6) is 2.35. The fourth-order valence-electron chi connectivity index (χ4n) is 2.93. The van der Waals surface area contributed by atoms with Crippen molar-refractivity contribution in [1.82, 2.24) is 4.98 Å². The SMILES string of the molecule is CC1CCC(C)C(c2nc3ccccc3s2)C1. The number of thiazole rings is 1. The van der Waals surface area contributed by atoms with Gasteiger partial charge in [-0.1, -0.05) is 32.4 Å². The molecule has 3 unspecified atom stereocenters. The van der Waals surface area contributed by atoms with Gasteiger partial charge in [0.05, 0.1) is 15.2 Å². The lowest BCUT2D eigenvalue weighted by molar-refractivity contribution is 0.264. The molecule has 1 nitrogen and oxygen atoms in total. The van der Waals surface area contributed by atoms with Crippen LogP contribution in [0.25, 0.3) is 10.2 Å². The second-order valence-corrected chi connectivity index (χ2v) is 6.58. The number of benzene rings is 1. The summed E-state index contributed by atoms with van der Waals surface area (Å²) in [6.07, 6.45) is 4.07. The van der Waals surface area contributed by atoms with Gasteiger partial charge < -0.3 is 0 Å². The summed E-state index contributed by atoms with van der Waals surface area (Å²) >= 11 is 1.90. The first kappa shape index (κ1) is 11.2. The molecule has 3 rings (SSSR count). The fourth-order valence-corrected chi connectivity index (χ4v) is 4.14. The van der Waals surface area contributed by atoms with E-state index in [0.29, 0.717) is 5.92 Å². The third-order valence-corrected chi connectivity index (χ3v) is 5.25. The van der Waals surface area contributed by atoms with Crippen molar-refractivity contribution in [3.05, 3.63) is 29.3 Å². The van der Waals surface area contributed by atoms with Gasteiger partial charge in [-0.15, -0.1) is 11.3 Å². The normalized spacial score (nSPS) is 29.6. The first-order chi connectivity index (χ1) is 8.24. The first-order valence-corrected chi connectivity index (χ1v) is 7.41. The number of para-hydroxylation sites is 1. The van der Waals surface area contributed by atoms with Crippen LogP contribution in [0.1, 0.15) is 44.0 Å². The third kappa shape index (κ3) is 2.11. The maximum atomic E-state index is 4.84. The molecule has 0 spiro atoms. The predicted molar refractivity (Wildman–Crippen MR) is 74.5 cm³/mol. The summed E-state index contributed by atoms with van der Waals surface area (Å²) in [6, 6.07) is 8.51. The van der Waals surface area contributed by atoms with Crippen LogP contribution in [-0.2, 0) is 0 Å². The average molecular weight is 245 g/mol. The van der Waals surface area contributed by atoms with E-state index in [0.717, 1.165) is 11.8 Å². The molecule has 1 fully saturated rings. The zero-order chi connectivity index (χ0) is 11.8. The summed E-state index contributed by atoms with van der Waals surface area (Å²) in [5.41, 5.74) is 1.18. The summed E-state index contributed by atoms with van der Waals surface area (Å²) in [4.78, 5) is 4.84. The Kier molecular flexibility index (Phi) is 2.91. The molecule has 90 valence electrons.